The summed E-state index contributed by atoms with van der Waals surface area (Å²) >= 11 is 0. The van der Waals surface area contributed by atoms with Gasteiger partial charge in [-0.05, 0) is 54.8 Å². The normalized spacial score (nSPS) is 13.7. The van der Waals surface area contributed by atoms with Gasteiger partial charge in [0.2, 0.25) is 11.8 Å². The minimum atomic E-state index is -3.95. The molecule has 1 saturated heterocycles. The van der Waals surface area contributed by atoms with Gasteiger partial charge in [-0.15, -0.1) is 0 Å². The Morgan fingerprint density at radius 3 is 2.44 bits per heavy atom. The van der Waals surface area contributed by atoms with E-state index in [4.69, 9.17) is 0 Å². The summed E-state index contributed by atoms with van der Waals surface area (Å²) in [6.45, 7) is 2.37. The summed E-state index contributed by atoms with van der Waals surface area (Å²) in [5.74, 6) is -0.327. The molecule has 1 aliphatic heterocycles. The van der Waals surface area contributed by atoms with Crippen molar-refractivity contribution < 1.29 is 18.0 Å². The highest BCUT2D eigenvalue weighted by Gasteiger charge is 2.28. The van der Waals surface area contributed by atoms with Gasteiger partial charge < -0.3 is 10.2 Å². The second-order valence-electron chi connectivity index (χ2n) is 8.21. The van der Waals surface area contributed by atoms with Gasteiger partial charge in [0.15, 0.2) is 0 Å². The van der Waals surface area contributed by atoms with Gasteiger partial charge in [-0.2, -0.15) is 0 Å². The molecule has 0 aromatic heterocycles. The lowest BCUT2D eigenvalue weighted by molar-refractivity contribution is -0.120. The molecule has 1 aliphatic rings. The molecule has 176 valence electrons. The van der Waals surface area contributed by atoms with Crippen molar-refractivity contribution in [3.8, 4) is 0 Å². The van der Waals surface area contributed by atoms with Crippen LogP contribution in [0.4, 0.5) is 11.4 Å². The first-order valence-corrected chi connectivity index (χ1v) is 12.6. The molecule has 4 rings (SSSR count). The van der Waals surface area contributed by atoms with Crippen molar-refractivity contribution in [2.24, 2.45) is 0 Å². The van der Waals surface area contributed by atoms with E-state index < -0.39 is 15.9 Å². The fourth-order valence-corrected chi connectivity index (χ4v) is 5.51. The molecule has 2 amide bonds. The zero-order chi connectivity index (χ0) is 24.1. The number of amides is 2. The summed E-state index contributed by atoms with van der Waals surface area (Å²) in [7, 11) is -3.95. The molecule has 0 bridgehead atoms. The Balaban J connectivity index is 1.52. The third-order valence-electron chi connectivity index (χ3n) is 5.79. The smallest absolute Gasteiger partial charge is 0.264 e. The van der Waals surface area contributed by atoms with Crippen molar-refractivity contribution in [1.82, 2.24) is 5.32 Å². The predicted octanol–water partition coefficient (Wildman–Crippen LogP) is 3.63. The SMILES string of the molecule is Cc1ccccc1N(CC(=O)NCc1cccc(N2CCCC2=O)c1)S(=O)(=O)c1ccccc1. The topological polar surface area (TPSA) is 86.8 Å². The van der Waals surface area contributed by atoms with Gasteiger partial charge in [0.25, 0.3) is 10.0 Å². The van der Waals surface area contributed by atoms with Gasteiger partial charge >= 0.3 is 0 Å². The zero-order valence-electron chi connectivity index (χ0n) is 19.0. The third kappa shape index (κ3) is 5.12. The zero-order valence-corrected chi connectivity index (χ0v) is 19.8. The van der Waals surface area contributed by atoms with Crippen LogP contribution >= 0.6 is 0 Å². The number of sulfonamides is 1. The number of carbonyl (C=O) groups is 2. The molecule has 34 heavy (non-hydrogen) atoms. The molecule has 0 aliphatic carbocycles. The van der Waals surface area contributed by atoms with Crippen LogP contribution in [0.3, 0.4) is 0 Å². The van der Waals surface area contributed by atoms with Gasteiger partial charge in [-0.25, -0.2) is 8.42 Å². The Labute approximate surface area is 200 Å². The average molecular weight is 478 g/mol. The number of hydrogen-bond acceptors (Lipinski definition) is 4. The van der Waals surface area contributed by atoms with E-state index in [2.05, 4.69) is 5.32 Å². The van der Waals surface area contributed by atoms with Crippen molar-refractivity contribution in [2.75, 3.05) is 22.3 Å². The standard InChI is InChI=1S/C26H27N3O4S/c1-20-9-5-6-14-24(20)29(34(32,33)23-12-3-2-4-13-23)19-25(30)27-18-21-10-7-11-22(17-21)28-16-8-15-26(28)31/h2-7,9-14,17H,8,15-16,18-19H2,1H3,(H,27,30). The van der Waals surface area contributed by atoms with E-state index in [0.717, 1.165) is 27.5 Å². The van der Waals surface area contributed by atoms with Crippen molar-refractivity contribution >= 4 is 33.2 Å². The van der Waals surface area contributed by atoms with Gasteiger partial charge in [-0.3, -0.25) is 13.9 Å². The van der Waals surface area contributed by atoms with Crippen LogP contribution in [0, 0.1) is 6.92 Å². The molecule has 0 unspecified atom stereocenters. The molecule has 0 radical (unpaired) electrons. The average Bonchev–Trinajstić information content (AvgIpc) is 3.28. The molecule has 3 aromatic carbocycles. The first kappa shape index (κ1) is 23.5. The third-order valence-corrected chi connectivity index (χ3v) is 7.56. The Morgan fingerprint density at radius 1 is 1.00 bits per heavy atom. The van der Waals surface area contributed by atoms with Crippen molar-refractivity contribution in [1.29, 1.82) is 0 Å². The number of nitrogens with one attached hydrogen (secondary N) is 1. The monoisotopic (exact) mass is 477 g/mol. The largest absolute Gasteiger partial charge is 0.350 e. The predicted molar refractivity (Wildman–Crippen MR) is 132 cm³/mol. The van der Waals surface area contributed by atoms with Crippen LogP contribution in [0.1, 0.15) is 24.0 Å². The van der Waals surface area contributed by atoms with Crippen LogP contribution in [-0.2, 0) is 26.2 Å². The second kappa shape index (κ2) is 10.1. The number of anilines is 2. The lowest BCUT2D eigenvalue weighted by Gasteiger charge is -2.25. The number of nitrogens with zero attached hydrogens (tertiary/aromatic N) is 2. The maximum Gasteiger partial charge on any atom is 0.264 e. The number of hydrogen-bond donors (Lipinski definition) is 1. The van der Waals surface area contributed by atoms with E-state index in [9.17, 15) is 18.0 Å². The van der Waals surface area contributed by atoms with E-state index in [1.807, 2.05) is 43.3 Å². The highest BCUT2D eigenvalue weighted by Crippen LogP contribution is 2.26. The van der Waals surface area contributed by atoms with Gasteiger partial charge in [0, 0.05) is 25.2 Å². The molecule has 1 N–H and O–H groups in total. The van der Waals surface area contributed by atoms with Crippen LogP contribution < -0.4 is 14.5 Å². The van der Waals surface area contributed by atoms with E-state index in [-0.39, 0.29) is 23.9 Å². The Kier molecular flexibility index (Phi) is 6.98. The molecule has 0 saturated carbocycles. The van der Waals surface area contributed by atoms with Crippen molar-refractivity contribution in [3.05, 3.63) is 90.0 Å². The lowest BCUT2D eigenvalue weighted by atomic mass is 10.2. The maximum atomic E-state index is 13.4. The molecule has 1 heterocycles. The lowest BCUT2D eigenvalue weighted by Crippen LogP contribution is -2.41. The number of benzene rings is 3. The van der Waals surface area contributed by atoms with Crippen LogP contribution in [-0.4, -0.2) is 33.3 Å². The van der Waals surface area contributed by atoms with Gasteiger partial charge in [-0.1, -0.05) is 48.5 Å². The molecular weight excluding hydrogens is 450 g/mol. The fraction of sp³-hybridized carbons (Fsp3) is 0.231. The minimum Gasteiger partial charge on any atom is -0.350 e. The van der Waals surface area contributed by atoms with E-state index in [1.165, 1.54) is 12.1 Å². The Bertz CT molecular complexity index is 1290. The van der Waals surface area contributed by atoms with E-state index in [1.54, 1.807) is 35.2 Å². The summed E-state index contributed by atoms with van der Waals surface area (Å²) in [6, 6.07) is 22.6. The molecule has 7 nitrogen and oxygen atoms in total. The highest BCUT2D eigenvalue weighted by molar-refractivity contribution is 7.92. The molecule has 1 fully saturated rings. The maximum absolute atomic E-state index is 13.4. The van der Waals surface area contributed by atoms with E-state index >= 15 is 0 Å². The molecule has 3 aromatic rings. The van der Waals surface area contributed by atoms with Gasteiger partial charge in [0.05, 0.1) is 10.6 Å². The number of aryl methyl sites for hydroxylation is 1. The Hall–Kier alpha value is -3.65. The minimum absolute atomic E-state index is 0.0983. The summed E-state index contributed by atoms with van der Waals surface area (Å²) in [5.41, 5.74) is 2.84. The number of carbonyl (C=O) groups excluding carboxylic acids is 2. The first-order chi connectivity index (χ1) is 16.4. The highest BCUT2D eigenvalue weighted by atomic mass is 32.2. The first-order valence-electron chi connectivity index (χ1n) is 11.2. The van der Waals surface area contributed by atoms with Gasteiger partial charge in [0.1, 0.15) is 6.54 Å². The summed E-state index contributed by atoms with van der Waals surface area (Å²) in [6.07, 6.45) is 1.38. The Morgan fingerprint density at radius 2 is 1.74 bits per heavy atom. The van der Waals surface area contributed by atoms with E-state index in [0.29, 0.717) is 18.7 Å². The summed E-state index contributed by atoms with van der Waals surface area (Å²) < 4.78 is 28.0. The second-order valence-corrected chi connectivity index (χ2v) is 10.1. The summed E-state index contributed by atoms with van der Waals surface area (Å²) in [5, 5.41) is 2.82. The molecular formula is C26H27N3O4S. The number of para-hydroxylation sites is 1. The molecule has 0 atom stereocenters. The van der Waals surface area contributed by atoms with Crippen molar-refractivity contribution in [3.63, 3.8) is 0 Å². The van der Waals surface area contributed by atoms with Crippen LogP contribution in [0.15, 0.2) is 83.8 Å². The fourth-order valence-electron chi connectivity index (χ4n) is 4.01. The number of rotatable bonds is 8. The molecule has 0 spiro atoms. The summed E-state index contributed by atoms with van der Waals surface area (Å²) in [4.78, 5) is 26.8. The van der Waals surface area contributed by atoms with Crippen molar-refractivity contribution in [2.45, 2.75) is 31.2 Å². The van der Waals surface area contributed by atoms with Crippen LogP contribution in [0.2, 0.25) is 0 Å². The van der Waals surface area contributed by atoms with Crippen LogP contribution in [0.5, 0.6) is 0 Å². The molecule has 8 heteroatoms. The quantitative estimate of drug-likeness (QED) is 0.537. The van der Waals surface area contributed by atoms with Crippen LogP contribution in [0.25, 0.3) is 0 Å².